The van der Waals surface area contributed by atoms with Crippen molar-refractivity contribution >= 4 is 21.8 Å². The van der Waals surface area contributed by atoms with Crippen LogP contribution >= 0.6 is 15.9 Å². The SMILES string of the molecule is CCc1ccc(C(C)NC(=O)c2cccc(Br)c2)cc1. The molecule has 3 heteroatoms. The summed E-state index contributed by atoms with van der Waals surface area (Å²) in [6, 6.07) is 15.8. The smallest absolute Gasteiger partial charge is 0.251 e. The van der Waals surface area contributed by atoms with Crippen LogP contribution < -0.4 is 5.32 Å². The Morgan fingerprint density at radius 3 is 2.50 bits per heavy atom. The molecule has 0 saturated carbocycles. The summed E-state index contributed by atoms with van der Waals surface area (Å²) in [5.74, 6) is -0.0571. The van der Waals surface area contributed by atoms with Gasteiger partial charge < -0.3 is 5.32 Å². The van der Waals surface area contributed by atoms with E-state index in [1.807, 2.05) is 31.2 Å². The number of benzene rings is 2. The van der Waals surface area contributed by atoms with Crippen LogP contribution in [0.15, 0.2) is 53.0 Å². The zero-order chi connectivity index (χ0) is 14.5. The van der Waals surface area contributed by atoms with Crippen LogP contribution in [-0.2, 0) is 6.42 Å². The molecule has 0 aromatic heterocycles. The maximum absolute atomic E-state index is 12.2. The second-order valence-electron chi connectivity index (χ2n) is 4.80. The fourth-order valence-corrected chi connectivity index (χ4v) is 2.43. The first-order chi connectivity index (χ1) is 9.60. The fraction of sp³-hybridized carbons (Fsp3) is 0.235. The second kappa shape index (κ2) is 6.71. The van der Waals surface area contributed by atoms with Gasteiger partial charge in [-0.25, -0.2) is 0 Å². The van der Waals surface area contributed by atoms with Crippen molar-refractivity contribution in [2.24, 2.45) is 0 Å². The fourth-order valence-electron chi connectivity index (χ4n) is 2.04. The average Bonchev–Trinajstić information content (AvgIpc) is 2.47. The van der Waals surface area contributed by atoms with Gasteiger partial charge >= 0.3 is 0 Å². The van der Waals surface area contributed by atoms with Crippen molar-refractivity contribution in [2.45, 2.75) is 26.3 Å². The van der Waals surface area contributed by atoms with E-state index in [0.717, 1.165) is 16.5 Å². The van der Waals surface area contributed by atoms with Gasteiger partial charge in [0, 0.05) is 10.0 Å². The van der Waals surface area contributed by atoms with E-state index in [1.165, 1.54) is 5.56 Å². The Bertz CT molecular complexity index is 592. The molecule has 0 saturated heterocycles. The maximum atomic E-state index is 12.2. The Balaban J connectivity index is 2.06. The van der Waals surface area contributed by atoms with E-state index >= 15 is 0 Å². The Morgan fingerprint density at radius 1 is 1.20 bits per heavy atom. The average molecular weight is 332 g/mol. The second-order valence-corrected chi connectivity index (χ2v) is 5.72. The first kappa shape index (κ1) is 14.8. The van der Waals surface area contributed by atoms with Gasteiger partial charge in [0.2, 0.25) is 0 Å². The highest BCUT2D eigenvalue weighted by atomic mass is 79.9. The molecule has 0 aliphatic rings. The molecular formula is C17H18BrNO. The van der Waals surface area contributed by atoms with E-state index in [0.29, 0.717) is 5.56 Å². The molecule has 0 spiro atoms. The maximum Gasteiger partial charge on any atom is 0.251 e. The summed E-state index contributed by atoms with van der Waals surface area (Å²) in [5, 5.41) is 3.02. The number of hydrogen-bond donors (Lipinski definition) is 1. The normalized spacial score (nSPS) is 11.9. The molecule has 2 nitrogen and oxygen atoms in total. The molecule has 2 aromatic rings. The zero-order valence-electron chi connectivity index (χ0n) is 11.7. The first-order valence-corrected chi connectivity index (χ1v) is 7.54. The minimum absolute atomic E-state index is 0.00705. The number of hydrogen-bond acceptors (Lipinski definition) is 1. The van der Waals surface area contributed by atoms with Gasteiger partial charge in [-0.3, -0.25) is 4.79 Å². The van der Waals surface area contributed by atoms with Crippen LogP contribution in [0.25, 0.3) is 0 Å². The number of rotatable bonds is 4. The van der Waals surface area contributed by atoms with Crippen molar-refractivity contribution in [1.29, 1.82) is 0 Å². The van der Waals surface area contributed by atoms with Crippen LogP contribution in [0.2, 0.25) is 0 Å². The summed E-state index contributed by atoms with van der Waals surface area (Å²) in [4.78, 5) is 12.2. The number of carbonyl (C=O) groups excluding carboxylic acids is 1. The van der Waals surface area contributed by atoms with Gasteiger partial charge in [-0.05, 0) is 42.7 Å². The van der Waals surface area contributed by atoms with Gasteiger partial charge in [0.25, 0.3) is 5.91 Å². The van der Waals surface area contributed by atoms with E-state index in [2.05, 4.69) is 52.4 Å². The molecule has 20 heavy (non-hydrogen) atoms. The highest BCUT2D eigenvalue weighted by Crippen LogP contribution is 2.16. The Hall–Kier alpha value is -1.61. The number of aryl methyl sites for hydroxylation is 1. The molecule has 1 amide bonds. The number of halogens is 1. The standard InChI is InChI=1S/C17H18BrNO/c1-3-13-7-9-14(10-8-13)12(2)19-17(20)15-5-4-6-16(18)11-15/h4-12H,3H2,1-2H3,(H,19,20). The third-order valence-electron chi connectivity index (χ3n) is 3.32. The van der Waals surface area contributed by atoms with E-state index in [-0.39, 0.29) is 11.9 Å². The molecule has 0 radical (unpaired) electrons. The minimum atomic E-state index is -0.0571. The molecule has 0 heterocycles. The zero-order valence-corrected chi connectivity index (χ0v) is 13.3. The summed E-state index contributed by atoms with van der Waals surface area (Å²) in [6.07, 6.45) is 1.03. The lowest BCUT2D eigenvalue weighted by Gasteiger charge is -2.15. The van der Waals surface area contributed by atoms with E-state index in [4.69, 9.17) is 0 Å². The molecule has 2 rings (SSSR count). The predicted molar refractivity (Wildman–Crippen MR) is 85.8 cm³/mol. The quantitative estimate of drug-likeness (QED) is 0.877. The Labute approximate surface area is 128 Å². The van der Waals surface area contributed by atoms with Crippen molar-refractivity contribution < 1.29 is 4.79 Å². The van der Waals surface area contributed by atoms with Crippen molar-refractivity contribution in [3.63, 3.8) is 0 Å². The van der Waals surface area contributed by atoms with Crippen LogP contribution in [0.3, 0.4) is 0 Å². The molecular weight excluding hydrogens is 314 g/mol. The molecule has 1 unspecified atom stereocenters. The third kappa shape index (κ3) is 3.70. The van der Waals surface area contributed by atoms with Crippen molar-refractivity contribution in [3.05, 3.63) is 69.7 Å². The molecule has 1 atom stereocenters. The predicted octanol–water partition coefficient (Wildman–Crippen LogP) is 4.50. The summed E-state index contributed by atoms with van der Waals surface area (Å²) >= 11 is 3.38. The summed E-state index contributed by atoms with van der Waals surface area (Å²) in [5.41, 5.74) is 3.08. The van der Waals surface area contributed by atoms with E-state index in [1.54, 1.807) is 0 Å². The number of amides is 1. The largest absolute Gasteiger partial charge is 0.346 e. The van der Waals surface area contributed by atoms with Crippen molar-refractivity contribution in [3.8, 4) is 0 Å². The molecule has 0 aliphatic carbocycles. The highest BCUT2D eigenvalue weighted by Gasteiger charge is 2.11. The van der Waals surface area contributed by atoms with Gasteiger partial charge in [-0.15, -0.1) is 0 Å². The highest BCUT2D eigenvalue weighted by molar-refractivity contribution is 9.10. The lowest BCUT2D eigenvalue weighted by molar-refractivity contribution is 0.0940. The molecule has 1 N–H and O–H groups in total. The van der Waals surface area contributed by atoms with Gasteiger partial charge in [-0.1, -0.05) is 53.2 Å². The van der Waals surface area contributed by atoms with Gasteiger partial charge in [0.15, 0.2) is 0 Å². The minimum Gasteiger partial charge on any atom is -0.346 e. The van der Waals surface area contributed by atoms with Crippen molar-refractivity contribution in [1.82, 2.24) is 5.32 Å². The number of nitrogens with one attached hydrogen (secondary N) is 1. The molecule has 0 bridgehead atoms. The van der Waals surface area contributed by atoms with Crippen LogP contribution in [-0.4, -0.2) is 5.91 Å². The monoisotopic (exact) mass is 331 g/mol. The van der Waals surface area contributed by atoms with Gasteiger partial charge in [-0.2, -0.15) is 0 Å². The number of carbonyl (C=O) groups is 1. The lowest BCUT2D eigenvalue weighted by atomic mass is 10.0. The Kier molecular flexibility index (Phi) is 4.96. The lowest BCUT2D eigenvalue weighted by Crippen LogP contribution is -2.26. The summed E-state index contributed by atoms with van der Waals surface area (Å²) < 4.78 is 0.908. The molecule has 2 aromatic carbocycles. The first-order valence-electron chi connectivity index (χ1n) is 6.75. The van der Waals surface area contributed by atoms with Crippen LogP contribution in [0.5, 0.6) is 0 Å². The van der Waals surface area contributed by atoms with Gasteiger partial charge in [0.05, 0.1) is 6.04 Å². The van der Waals surface area contributed by atoms with Gasteiger partial charge in [0.1, 0.15) is 0 Å². The molecule has 104 valence electrons. The van der Waals surface area contributed by atoms with Crippen LogP contribution in [0, 0.1) is 0 Å². The van der Waals surface area contributed by atoms with Crippen molar-refractivity contribution in [2.75, 3.05) is 0 Å². The van der Waals surface area contributed by atoms with E-state index in [9.17, 15) is 4.79 Å². The molecule has 0 fully saturated rings. The Morgan fingerprint density at radius 2 is 1.90 bits per heavy atom. The topological polar surface area (TPSA) is 29.1 Å². The molecule has 0 aliphatic heterocycles. The van der Waals surface area contributed by atoms with Crippen LogP contribution in [0.1, 0.15) is 41.4 Å². The third-order valence-corrected chi connectivity index (χ3v) is 3.82. The van der Waals surface area contributed by atoms with E-state index < -0.39 is 0 Å². The summed E-state index contributed by atoms with van der Waals surface area (Å²) in [7, 11) is 0. The summed E-state index contributed by atoms with van der Waals surface area (Å²) in [6.45, 7) is 4.13. The van der Waals surface area contributed by atoms with Crippen LogP contribution in [0.4, 0.5) is 0 Å².